The lowest BCUT2D eigenvalue weighted by Gasteiger charge is -2.44. The van der Waals surface area contributed by atoms with Gasteiger partial charge in [0.05, 0.1) is 7.11 Å². The number of carbonyl (C=O) groups excluding carboxylic acids is 3. The predicted molar refractivity (Wildman–Crippen MR) is 128 cm³/mol. The fourth-order valence-electron chi connectivity index (χ4n) is 4.59. The monoisotopic (exact) mass is 474 g/mol. The number of methoxy groups -OCH3 is 1. The zero-order valence-corrected chi connectivity index (χ0v) is 20.0. The number of amides is 2. The second-order valence-corrected chi connectivity index (χ2v) is 8.29. The van der Waals surface area contributed by atoms with E-state index in [-0.39, 0.29) is 18.5 Å². The Morgan fingerprint density at radius 3 is 2.31 bits per heavy atom. The number of hydrogen-bond acceptors (Lipinski definition) is 7. The van der Waals surface area contributed by atoms with E-state index in [0.29, 0.717) is 34.6 Å². The average molecular weight is 475 g/mol. The number of hydrogen-bond donors (Lipinski definition) is 0. The number of fused-ring (bicyclic) bond motifs is 1. The Morgan fingerprint density at radius 1 is 1.06 bits per heavy atom. The molecule has 3 aromatic rings. The molecule has 0 saturated heterocycles. The largest absolute Gasteiger partial charge is 0.466 e. The molecule has 2 aromatic carbocycles. The average Bonchev–Trinajstić information content (AvgIpc) is 2.95. The van der Waals surface area contributed by atoms with Gasteiger partial charge in [-0.05, 0) is 31.5 Å². The Bertz CT molecular complexity index is 1250. The smallest absolute Gasteiger partial charge is 0.350 e. The van der Waals surface area contributed by atoms with E-state index in [2.05, 4.69) is 9.97 Å². The number of para-hydroxylation sites is 1. The highest BCUT2D eigenvalue weighted by atomic mass is 16.6. The molecule has 0 bridgehead atoms. The number of benzene rings is 2. The van der Waals surface area contributed by atoms with Crippen LogP contribution in [0.2, 0.25) is 0 Å². The predicted octanol–water partition coefficient (Wildman–Crippen LogP) is 2.39. The van der Waals surface area contributed by atoms with Crippen molar-refractivity contribution in [1.29, 1.82) is 0 Å². The molecular formula is C26H26N4O5. The Kier molecular flexibility index (Phi) is 6.50. The quantitative estimate of drug-likeness (QED) is 0.399. The number of nitrogens with zero attached hydrogens (tertiary/aromatic N) is 4. The third-order valence-electron chi connectivity index (χ3n) is 6.13. The second kappa shape index (κ2) is 9.54. The van der Waals surface area contributed by atoms with Gasteiger partial charge in [0, 0.05) is 29.7 Å². The van der Waals surface area contributed by atoms with Crippen LogP contribution >= 0.6 is 0 Å². The van der Waals surface area contributed by atoms with Gasteiger partial charge in [-0.2, -0.15) is 0 Å². The van der Waals surface area contributed by atoms with Gasteiger partial charge in [0.25, 0.3) is 0 Å². The summed E-state index contributed by atoms with van der Waals surface area (Å²) in [6, 6.07) is 17.8. The first kappa shape index (κ1) is 23.9. The molecule has 1 aromatic heterocycles. The van der Waals surface area contributed by atoms with Crippen molar-refractivity contribution in [3.63, 3.8) is 0 Å². The number of rotatable bonds is 6. The highest BCUT2D eigenvalue weighted by Crippen LogP contribution is 2.46. The molecule has 4 rings (SSSR count). The van der Waals surface area contributed by atoms with Crippen LogP contribution in [0.5, 0.6) is 6.01 Å². The maximum Gasteiger partial charge on any atom is 0.350 e. The van der Waals surface area contributed by atoms with E-state index < -0.39 is 17.6 Å². The van der Waals surface area contributed by atoms with Crippen LogP contribution in [0.1, 0.15) is 22.5 Å². The summed E-state index contributed by atoms with van der Waals surface area (Å²) in [5, 5.41) is 0. The summed E-state index contributed by atoms with van der Waals surface area (Å²) < 4.78 is 11.4. The maximum absolute atomic E-state index is 13.5. The molecule has 0 spiro atoms. The first-order valence-corrected chi connectivity index (χ1v) is 11.0. The minimum Gasteiger partial charge on any atom is -0.466 e. The van der Waals surface area contributed by atoms with Crippen molar-refractivity contribution >= 4 is 24.0 Å². The van der Waals surface area contributed by atoms with Crippen molar-refractivity contribution in [2.75, 3.05) is 25.6 Å². The third-order valence-corrected chi connectivity index (χ3v) is 6.13. The van der Waals surface area contributed by atoms with Crippen molar-refractivity contribution in [3.05, 3.63) is 83.2 Å². The van der Waals surface area contributed by atoms with E-state index >= 15 is 0 Å². The van der Waals surface area contributed by atoms with Gasteiger partial charge in [0.1, 0.15) is 12.1 Å². The van der Waals surface area contributed by atoms with Gasteiger partial charge in [-0.25, -0.2) is 14.8 Å². The summed E-state index contributed by atoms with van der Waals surface area (Å²) in [6.07, 6.45) is -0.885. The molecule has 0 N–H and O–H groups in total. The first-order valence-electron chi connectivity index (χ1n) is 11.0. The highest BCUT2D eigenvalue weighted by Gasteiger charge is 2.56. The summed E-state index contributed by atoms with van der Waals surface area (Å²) >= 11 is 0. The van der Waals surface area contributed by atoms with Crippen LogP contribution in [0.15, 0.2) is 60.7 Å². The highest BCUT2D eigenvalue weighted by molar-refractivity contribution is 5.98. The SMILES string of the molecule is COC(=O)C(Oc1nc(C)cc(C)n1)C1(c2ccccc2)c2ccccc2N(C)C(=O)CN1C=O. The standard InChI is InChI=1S/C26H26N4O5/c1-17-14-18(2)28-25(27-17)35-23(24(33)34-4)26(19-10-6-5-7-11-19)20-12-8-9-13-21(20)29(3)22(32)15-30(26)16-31/h5-14,16,23H,15H2,1-4H3. The number of aryl methyl sites for hydroxylation is 2. The fraction of sp³-hybridized carbons (Fsp3) is 0.269. The number of ether oxygens (including phenoxy) is 2. The topological polar surface area (TPSA) is 102 Å². The number of carbonyl (C=O) groups is 3. The molecule has 9 nitrogen and oxygen atoms in total. The zero-order valence-electron chi connectivity index (χ0n) is 20.0. The lowest BCUT2D eigenvalue weighted by atomic mass is 9.76. The van der Waals surface area contributed by atoms with E-state index in [0.717, 1.165) is 0 Å². The van der Waals surface area contributed by atoms with Crippen LogP contribution in [0, 0.1) is 13.8 Å². The van der Waals surface area contributed by atoms with Crippen LogP contribution in [0.3, 0.4) is 0 Å². The van der Waals surface area contributed by atoms with Crippen molar-refractivity contribution < 1.29 is 23.9 Å². The van der Waals surface area contributed by atoms with Gasteiger partial charge in [0.15, 0.2) is 0 Å². The third kappa shape index (κ3) is 4.09. The summed E-state index contributed by atoms with van der Waals surface area (Å²) in [7, 11) is 2.87. The molecule has 2 atom stereocenters. The lowest BCUT2D eigenvalue weighted by molar-refractivity contribution is -0.158. The van der Waals surface area contributed by atoms with Crippen LogP contribution in [0.25, 0.3) is 0 Å². The molecule has 0 saturated carbocycles. The minimum atomic E-state index is -1.58. The van der Waals surface area contributed by atoms with E-state index in [1.54, 1.807) is 75.5 Å². The van der Waals surface area contributed by atoms with Gasteiger partial charge < -0.3 is 19.3 Å². The zero-order chi connectivity index (χ0) is 25.2. The number of aromatic nitrogens is 2. The Hall–Kier alpha value is -4.27. The molecule has 2 amide bonds. The van der Waals surface area contributed by atoms with E-state index in [4.69, 9.17) is 9.47 Å². The van der Waals surface area contributed by atoms with Crippen LogP contribution in [-0.2, 0) is 24.7 Å². The maximum atomic E-state index is 13.5. The van der Waals surface area contributed by atoms with Gasteiger partial charge in [-0.15, -0.1) is 0 Å². The first-order chi connectivity index (χ1) is 16.8. The Morgan fingerprint density at radius 2 is 1.69 bits per heavy atom. The fourth-order valence-corrected chi connectivity index (χ4v) is 4.59. The molecule has 2 heterocycles. The van der Waals surface area contributed by atoms with Gasteiger partial charge in [-0.3, -0.25) is 9.59 Å². The van der Waals surface area contributed by atoms with E-state index in [1.807, 2.05) is 6.07 Å². The molecule has 0 radical (unpaired) electrons. The molecule has 180 valence electrons. The van der Waals surface area contributed by atoms with Crippen LogP contribution < -0.4 is 9.64 Å². The van der Waals surface area contributed by atoms with Crippen molar-refractivity contribution in [2.45, 2.75) is 25.5 Å². The number of anilines is 1. The van der Waals surface area contributed by atoms with Gasteiger partial charge in [0.2, 0.25) is 18.4 Å². The van der Waals surface area contributed by atoms with Crippen molar-refractivity contribution in [3.8, 4) is 6.01 Å². The molecular weight excluding hydrogens is 448 g/mol. The second-order valence-electron chi connectivity index (χ2n) is 8.29. The lowest BCUT2D eigenvalue weighted by Crippen LogP contribution is -2.60. The molecule has 1 aliphatic heterocycles. The summed E-state index contributed by atoms with van der Waals surface area (Å²) in [5.74, 6) is -1.08. The van der Waals surface area contributed by atoms with Crippen molar-refractivity contribution in [1.82, 2.24) is 14.9 Å². The van der Waals surface area contributed by atoms with Crippen molar-refractivity contribution in [2.24, 2.45) is 0 Å². The van der Waals surface area contributed by atoms with Gasteiger partial charge in [-0.1, -0.05) is 48.5 Å². The van der Waals surface area contributed by atoms with Crippen LogP contribution in [-0.4, -0.2) is 60.0 Å². The molecule has 1 aliphatic rings. The normalized spacial score (nSPS) is 18.3. The summed E-state index contributed by atoms with van der Waals surface area (Å²) in [5.41, 5.74) is 1.33. The van der Waals surface area contributed by atoms with Gasteiger partial charge >= 0.3 is 12.0 Å². The molecule has 0 aliphatic carbocycles. The van der Waals surface area contributed by atoms with Crippen LogP contribution in [0.4, 0.5) is 5.69 Å². The minimum absolute atomic E-state index is 0.0412. The number of likely N-dealkylation sites (N-methyl/N-ethyl adjacent to an activating group) is 1. The Balaban J connectivity index is 2.09. The van der Waals surface area contributed by atoms with E-state index in [1.165, 1.54) is 16.9 Å². The Labute approximate surface area is 203 Å². The molecule has 2 unspecified atom stereocenters. The van der Waals surface area contributed by atoms with E-state index in [9.17, 15) is 14.4 Å². The molecule has 35 heavy (non-hydrogen) atoms. The summed E-state index contributed by atoms with van der Waals surface area (Å²) in [4.78, 5) is 50.7. The molecule has 0 fully saturated rings. The summed E-state index contributed by atoms with van der Waals surface area (Å²) in [6.45, 7) is 3.27. The number of esters is 1. The molecule has 9 heteroatoms.